The average Bonchev–Trinajstić information content (AvgIpc) is 3.46. The number of ketones is 1. The van der Waals surface area contributed by atoms with Crippen LogP contribution in [0.25, 0.3) is 44.3 Å². The maximum absolute atomic E-state index is 11.7. The fourth-order valence-electron chi connectivity index (χ4n) is 6.25. The Morgan fingerprint density at radius 2 is 1.57 bits per heavy atom. The number of aliphatic hydroxyl groups is 1. The van der Waals surface area contributed by atoms with Crippen molar-refractivity contribution < 1.29 is 34.4 Å². The first-order valence-electron chi connectivity index (χ1n) is 17.6. The van der Waals surface area contributed by atoms with Gasteiger partial charge < -0.3 is 9.52 Å². The van der Waals surface area contributed by atoms with Crippen LogP contribution in [0.2, 0.25) is 0 Å². The number of hydrogen-bond donors (Lipinski definition) is 1. The first-order valence-corrected chi connectivity index (χ1v) is 17.6. The van der Waals surface area contributed by atoms with E-state index in [1.165, 1.54) is 22.6 Å². The molecule has 2 aromatic carbocycles. The van der Waals surface area contributed by atoms with Gasteiger partial charge in [0.2, 0.25) is 5.71 Å². The third-order valence-electron chi connectivity index (χ3n) is 9.17. The zero-order valence-electron chi connectivity index (χ0n) is 30.7. The van der Waals surface area contributed by atoms with E-state index in [0.717, 1.165) is 65.3 Å². The number of carbonyl (C=O) groups is 1. The number of rotatable bonds is 11. The second-order valence-electron chi connectivity index (χ2n) is 14.3. The predicted octanol–water partition coefficient (Wildman–Crippen LogP) is 11.9. The van der Waals surface area contributed by atoms with Crippen LogP contribution in [0.5, 0.6) is 0 Å². The zero-order chi connectivity index (χ0) is 35.0. The van der Waals surface area contributed by atoms with Crippen LogP contribution in [0.3, 0.4) is 0 Å². The van der Waals surface area contributed by atoms with E-state index >= 15 is 0 Å². The molecule has 0 bridgehead atoms. The molecule has 0 fully saturated rings. The van der Waals surface area contributed by atoms with Crippen molar-refractivity contribution in [1.82, 2.24) is 9.97 Å². The summed E-state index contributed by atoms with van der Waals surface area (Å²) in [6, 6.07) is 20.7. The van der Waals surface area contributed by atoms with E-state index in [1.54, 1.807) is 0 Å². The average molecular weight is 838 g/mol. The minimum absolute atomic E-state index is 0. The summed E-state index contributed by atoms with van der Waals surface area (Å²) >= 11 is 0. The van der Waals surface area contributed by atoms with E-state index < -0.39 is 0 Å². The summed E-state index contributed by atoms with van der Waals surface area (Å²) in [5.41, 5.74) is 7.31. The number of aliphatic hydroxyl groups excluding tert-OH is 1. The third kappa shape index (κ3) is 9.99. The molecule has 3 heterocycles. The second kappa shape index (κ2) is 17.9. The molecule has 6 heteroatoms. The number of furan rings is 1. The van der Waals surface area contributed by atoms with Gasteiger partial charge in [0, 0.05) is 72.6 Å². The van der Waals surface area contributed by atoms with Gasteiger partial charge in [-0.05, 0) is 61.1 Å². The van der Waals surface area contributed by atoms with Gasteiger partial charge in [-0.1, -0.05) is 97.5 Å². The first-order chi connectivity index (χ1) is 22.9. The summed E-state index contributed by atoms with van der Waals surface area (Å²) in [5, 5.41) is 13.2. The van der Waals surface area contributed by atoms with Crippen molar-refractivity contribution in [2.24, 2.45) is 17.8 Å². The smallest absolute Gasteiger partial charge is 0.226 e. The van der Waals surface area contributed by atoms with Crippen LogP contribution in [0.4, 0.5) is 0 Å². The van der Waals surface area contributed by atoms with Crippen molar-refractivity contribution in [3.63, 3.8) is 0 Å². The SMILES string of the molecule is CC(C)Cc1coc2ncc(-c3ccnc(-c4[c-]c5ccccc5c(C(C)(C)C)c4)c3)cc12.CCC(CC)C(=O)/C=C(\O)C(CC)CC.[Ir]. The summed E-state index contributed by atoms with van der Waals surface area (Å²) in [4.78, 5) is 21.0. The van der Waals surface area contributed by atoms with Crippen molar-refractivity contribution in [1.29, 1.82) is 0 Å². The second-order valence-corrected chi connectivity index (χ2v) is 14.3. The maximum Gasteiger partial charge on any atom is 0.226 e. The van der Waals surface area contributed by atoms with Gasteiger partial charge in [-0.2, -0.15) is 0 Å². The Labute approximate surface area is 307 Å². The fraction of sp³-hybridized carbons (Fsp3) is 0.419. The van der Waals surface area contributed by atoms with Gasteiger partial charge in [0.05, 0.1) is 12.0 Å². The zero-order valence-corrected chi connectivity index (χ0v) is 33.1. The number of fused-ring (bicyclic) bond motifs is 2. The number of benzene rings is 2. The van der Waals surface area contributed by atoms with E-state index in [2.05, 4.69) is 88.1 Å². The van der Waals surface area contributed by atoms with Crippen molar-refractivity contribution in [3.8, 4) is 22.4 Å². The van der Waals surface area contributed by atoms with Gasteiger partial charge in [-0.3, -0.25) is 9.78 Å². The summed E-state index contributed by atoms with van der Waals surface area (Å²) in [7, 11) is 0. The number of carbonyl (C=O) groups excluding carboxylic acids is 1. The standard InChI is InChI=1S/C30H29N2O.C13H24O2.Ir/c1-19(2)12-24-18-33-29-26(24)14-23(17-32-29)20-10-11-31-28(16-20)22-13-21-8-6-7-9-25(21)27(15-22)30(3,4)5;1-5-10(6-2)12(14)9-13(15)11(7-3)8-4;/h6-11,14-19H,12H2,1-5H3;9-11,14H,5-8H2,1-4H3;/q-1;;/b;12-9-;. The molecule has 0 amide bonds. The van der Waals surface area contributed by atoms with E-state index in [4.69, 9.17) is 9.40 Å². The normalized spacial score (nSPS) is 12.0. The number of nitrogens with zero attached hydrogens (tertiary/aromatic N) is 2. The quantitative estimate of drug-likeness (QED) is 0.0815. The van der Waals surface area contributed by atoms with E-state index in [9.17, 15) is 9.90 Å². The molecule has 0 saturated carbocycles. The van der Waals surface area contributed by atoms with Gasteiger partial charge in [0.15, 0.2) is 5.78 Å². The van der Waals surface area contributed by atoms with Gasteiger partial charge in [-0.25, -0.2) is 4.98 Å². The first kappa shape index (κ1) is 39.8. The Bertz CT molecular complexity index is 1860. The largest absolute Gasteiger partial charge is 0.512 e. The van der Waals surface area contributed by atoms with Crippen LogP contribution in [-0.2, 0) is 36.7 Å². The molecule has 263 valence electrons. The number of pyridine rings is 2. The molecular weight excluding hydrogens is 785 g/mol. The van der Waals surface area contributed by atoms with Crippen molar-refractivity contribution in [3.05, 3.63) is 96.2 Å². The number of hydrogen-bond acceptors (Lipinski definition) is 5. The Morgan fingerprint density at radius 1 is 0.898 bits per heavy atom. The van der Waals surface area contributed by atoms with Crippen molar-refractivity contribution in [2.45, 2.75) is 99.8 Å². The molecule has 3 aromatic heterocycles. The summed E-state index contributed by atoms with van der Waals surface area (Å²) < 4.78 is 5.69. The maximum atomic E-state index is 11.7. The van der Waals surface area contributed by atoms with Crippen LogP contribution in [0.1, 0.15) is 99.1 Å². The fourth-order valence-corrected chi connectivity index (χ4v) is 6.25. The Balaban J connectivity index is 0.000000347. The third-order valence-corrected chi connectivity index (χ3v) is 9.17. The molecule has 0 aliphatic heterocycles. The number of aromatic nitrogens is 2. The molecule has 0 aliphatic carbocycles. The molecule has 5 aromatic rings. The van der Waals surface area contributed by atoms with Crippen LogP contribution in [0.15, 0.2) is 83.4 Å². The molecule has 5 rings (SSSR count). The molecule has 0 spiro atoms. The Kier molecular flexibility index (Phi) is 14.5. The van der Waals surface area contributed by atoms with E-state index in [1.807, 2.05) is 52.4 Å². The summed E-state index contributed by atoms with van der Waals surface area (Å²) in [6.45, 7) is 19.3. The monoisotopic (exact) mass is 838 g/mol. The molecule has 0 unspecified atom stereocenters. The van der Waals surface area contributed by atoms with Crippen molar-refractivity contribution >= 4 is 27.7 Å². The van der Waals surface area contributed by atoms with Crippen LogP contribution in [0, 0.1) is 23.8 Å². The molecular formula is C43H53IrN2O3-. The van der Waals surface area contributed by atoms with Gasteiger partial charge in [0.1, 0.15) is 0 Å². The predicted molar refractivity (Wildman–Crippen MR) is 200 cm³/mol. The van der Waals surface area contributed by atoms with Crippen LogP contribution in [-0.4, -0.2) is 20.9 Å². The molecule has 5 nitrogen and oxygen atoms in total. The Hall–Kier alpha value is -3.60. The van der Waals surface area contributed by atoms with E-state index in [-0.39, 0.29) is 48.9 Å². The molecule has 49 heavy (non-hydrogen) atoms. The van der Waals surface area contributed by atoms with Gasteiger partial charge in [-0.15, -0.1) is 29.1 Å². The Morgan fingerprint density at radius 3 is 2.20 bits per heavy atom. The van der Waals surface area contributed by atoms with Crippen molar-refractivity contribution in [2.75, 3.05) is 0 Å². The molecule has 1 radical (unpaired) electrons. The minimum atomic E-state index is 0. The minimum Gasteiger partial charge on any atom is -0.512 e. The van der Waals surface area contributed by atoms with E-state index in [0.29, 0.717) is 11.6 Å². The number of allylic oxidation sites excluding steroid dienone is 2. The van der Waals surface area contributed by atoms with Crippen LogP contribution < -0.4 is 0 Å². The molecule has 0 saturated heterocycles. The topological polar surface area (TPSA) is 76.2 Å². The molecule has 0 aliphatic rings. The summed E-state index contributed by atoms with van der Waals surface area (Å²) in [5.74, 6) is 1.11. The molecule has 0 atom stereocenters. The molecule has 1 N–H and O–H groups in total. The summed E-state index contributed by atoms with van der Waals surface area (Å²) in [6.07, 6.45) is 11.5. The van der Waals surface area contributed by atoms with Crippen LogP contribution >= 0.6 is 0 Å². The van der Waals surface area contributed by atoms with Gasteiger partial charge >= 0.3 is 0 Å². The van der Waals surface area contributed by atoms with Gasteiger partial charge in [0.25, 0.3) is 0 Å².